The molecule has 0 aliphatic rings. The van der Waals surface area contributed by atoms with Crippen molar-refractivity contribution in [1.29, 1.82) is 5.26 Å². The summed E-state index contributed by atoms with van der Waals surface area (Å²) in [5, 5.41) is 20.7. The Hall–Kier alpha value is -6.36. The first kappa shape index (κ1) is 37.9. The average molecular weight is 746 g/mol. The molecule has 4 aromatic carbocycles. The predicted octanol–water partition coefficient (Wildman–Crippen LogP) is 7.73. The molecule has 13 heteroatoms. The van der Waals surface area contributed by atoms with Crippen molar-refractivity contribution in [2.24, 2.45) is 0 Å². The second-order valence-corrected chi connectivity index (χ2v) is 13.8. The van der Waals surface area contributed by atoms with Gasteiger partial charge < -0.3 is 30.7 Å². The Balaban J connectivity index is 1.31. The molecule has 1 aromatic heterocycles. The molecule has 5 rings (SSSR count). The van der Waals surface area contributed by atoms with Gasteiger partial charge in [-0.1, -0.05) is 54.6 Å². The average Bonchev–Trinajstić information content (AvgIpc) is 3.49. The number of methoxy groups -OCH3 is 2. The number of nitrogens with one attached hydrogen (secondary N) is 4. The summed E-state index contributed by atoms with van der Waals surface area (Å²) in [5.74, 6) is -1.01. The van der Waals surface area contributed by atoms with Crippen LogP contribution in [0.3, 0.4) is 0 Å². The van der Waals surface area contributed by atoms with E-state index in [0.717, 1.165) is 11.3 Å². The third-order valence-electron chi connectivity index (χ3n) is 7.77. The van der Waals surface area contributed by atoms with Gasteiger partial charge in [-0.2, -0.15) is 5.26 Å². The third-order valence-corrected chi connectivity index (χ3v) is 10.1. The van der Waals surface area contributed by atoms with E-state index < -0.39 is 17.1 Å². The molecule has 1 atom stereocenters. The highest BCUT2D eigenvalue weighted by molar-refractivity contribution is 8.00. The summed E-state index contributed by atoms with van der Waals surface area (Å²) in [7, 11) is 2.98. The lowest BCUT2D eigenvalue weighted by Crippen LogP contribution is -2.30. The first-order valence-electron chi connectivity index (χ1n) is 16.2. The molecule has 53 heavy (non-hydrogen) atoms. The number of nitriles is 1. The minimum absolute atomic E-state index is 0.0486. The highest BCUT2D eigenvalue weighted by Gasteiger charge is 2.24. The van der Waals surface area contributed by atoms with Crippen LogP contribution in [0.25, 0.3) is 6.08 Å². The molecule has 5 aromatic rings. The molecule has 0 radical (unpaired) electrons. The molecule has 0 aliphatic heterocycles. The highest BCUT2D eigenvalue weighted by atomic mass is 32.2. The number of ether oxygens (including phenoxy) is 2. The molecule has 1 unspecified atom stereocenters. The molecule has 11 nitrogen and oxygen atoms in total. The van der Waals surface area contributed by atoms with Crippen LogP contribution in [0.15, 0.2) is 114 Å². The van der Waals surface area contributed by atoms with E-state index in [2.05, 4.69) is 27.3 Å². The van der Waals surface area contributed by atoms with Crippen LogP contribution in [0.1, 0.15) is 43.6 Å². The zero-order valence-electron chi connectivity index (χ0n) is 29.2. The molecule has 0 saturated heterocycles. The van der Waals surface area contributed by atoms with Gasteiger partial charge in [-0.3, -0.25) is 19.2 Å². The number of hydrogen-bond donors (Lipinski definition) is 4. The Morgan fingerprint density at radius 3 is 2.17 bits per heavy atom. The van der Waals surface area contributed by atoms with Gasteiger partial charge in [-0.05, 0) is 74.0 Å². The van der Waals surface area contributed by atoms with Crippen LogP contribution in [0.5, 0.6) is 11.5 Å². The van der Waals surface area contributed by atoms with E-state index in [9.17, 15) is 24.4 Å². The van der Waals surface area contributed by atoms with Crippen molar-refractivity contribution in [3.63, 3.8) is 0 Å². The number of carbonyl (C=O) groups is 4. The van der Waals surface area contributed by atoms with Crippen molar-refractivity contribution in [2.45, 2.75) is 24.0 Å². The number of amides is 4. The van der Waals surface area contributed by atoms with Crippen LogP contribution in [0, 0.1) is 18.3 Å². The van der Waals surface area contributed by atoms with Gasteiger partial charge in [-0.25, -0.2) is 0 Å². The lowest BCUT2D eigenvalue weighted by molar-refractivity contribution is -0.115. The van der Waals surface area contributed by atoms with Gasteiger partial charge in [0, 0.05) is 27.4 Å². The summed E-state index contributed by atoms with van der Waals surface area (Å²) in [6, 6.07) is 31.7. The molecule has 0 saturated carbocycles. The van der Waals surface area contributed by atoms with Gasteiger partial charge in [0.15, 0.2) is 11.5 Å². The highest BCUT2D eigenvalue weighted by Crippen LogP contribution is 2.35. The standard InChI is InChI=1S/C40H35N5O6S2/c1-24-31(23-41)40(53-35(24)39(49)42-28-16-9-6-10-17-28)45-36(46)25(2)52-30-19-12-18-29(22-30)43-38(48)32(44-37(47)26-13-7-5-8-14-26)21-27-15-11-20-33(50-3)34(27)51-4/h5-22,25H,1-4H3,(H,42,49)(H,43,48)(H,44,47)(H,45,46)/b32-21+. The topological polar surface area (TPSA) is 159 Å². The van der Waals surface area contributed by atoms with E-state index in [-0.39, 0.29) is 28.1 Å². The van der Waals surface area contributed by atoms with Crippen molar-refractivity contribution in [3.05, 3.63) is 136 Å². The molecule has 0 bridgehead atoms. The van der Waals surface area contributed by atoms with Gasteiger partial charge in [0.05, 0.1) is 29.9 Å². The second-order valence-electron chi connectivity index (χ2n) is 11.4. The van der Waals surface area contributed by atoms with E-state index in [0.29, 0.717) is 49.3 Å². The van der Waals surface area contributed by atoms with Crippen LogP contribution >= 0.6 is 23.1 Å². The summed E-state index contributed by atoms with van der Waals surface area (Å²) >= 11 is 2.27. The molecule has 0 aliphatic carbocycles. The smallest absolute Gasteiger partial charge is 0.272 e. The zero-order chi connectivity index (χ0) is 37.9. The Bertz CT molecular complexity index is 2210. The maximum atomic E-state index is 13.7. The number of thiophene rings is 1. The van der Waals surface area contributed by atoms with Gasteiger partial charge in [0.1, 0.15) is 16.8 Å². The van der Waals surface area contributed by atoms with Crippen LogP contribution in [-0.4, -0.2) is 43.1 Å². The monoisotopic (exact) mass is 745 g/mol. The maximum Gasteiger partial charge on any atom is 0.272 e. The number of carbonyl (C=O) groups excluding carboxylic acids is 4. The summed E-state index contributed by atoms with van der Waals surface area (Å²) < 4.78 is 10.9. The number of hydrogen-bond acceptors (Lipinski definition) is 9. The Morgan fingerprint density at radius 1 is 0.811 bits per heavy atom. The van der Waals surface area contributed by atoms with Crippen molar-refractivity contribution >= 4 is 69.2 Å². The minimum Gasteiger partial charge on any atom is -0.493 e. The van der Waals surface area contributed by atoms with E-state index in [1.165, 1.54) is 32.1 Å². The van der Waals surface area contributed by atoms with E-state index >= 15 is 0 Å². The van der Waals surface area contributed by atoms with E-state index in [1.807, 2.05) is 6.07 Å². The Labute approximate surface area is 315 Å². The Kier molecular flexibility index (Phi) is 12.7. The molecule has 268 valence electrons. The van der Waals surface area contributed by atoms with Crippen molar-refractivity contribution in [2.75, 3.05) is 30.2 Å². The van der Waals surface area contributed by atoms with E-state index in [4.69, 9.17) is 9.47 Å². The normalized spacial score (nSPS) is 11.4. The van der Waals surface area contributed by atoms with Gasteiger partial charge in [0.2, 0.25) is 5.91 Å². The van der Waals surface area contributed by atoms with E-state index in [1.54, 1.807) is 111 Å². The fourth-order valence-corrected chi connectivity index (χ4v) is 7.08. The molecular weight excluding hydrogens is 711 g/mol. The summed E-state index contributed by atoms with van der Waals surface area (Å²) in [6.07, 6.45) is 1.50. The number of para-hydroxylation sites is 2. The summed E-state index contributed by atoms with van der Waals surface area (Å²) in [6.45, 7) is 3.38. The van der Waals surface area contributed by atoms with Crippen LogP contribution in [0.4, 0.5) is 16.4 Å². The number of anilines is 3. The van der Waals surface area contributed by atoms with Crippen molar-refractivity contribution < 1.29 is 28.7 Å². The van der Waals surface area contributed by atoms with Gasteiger partial charge in [0.25, 0.3) is 17.7 Å². The van der Waals surface area contributed by atoms with Gasteiger partial charge >= 0.3 is 0 Å². The fourth-order valence-electron chi connectivity index (χ4n) is 5.10. The van der Waals surface area contributed by atoms with Gasteiger partial charge in [-0.15, -0.1) is 23.1 Å². The first-order chi connectivity index (χ1) is 25.6. The minimum atomic E-state index is -0.627. The SMILES string of the molecule is COc1cccc(/C=C(/NC(=O)c2ccccc2)C(=O)Nc2cccc(SC(C)C(=O)Nc3sc(C(=O)Nc4ccccc4)c(C)c3C#N)c2)c1OC. The molecule has 0 fully saturated rings. The van der Waals surface area contributed by atoms with Crippen molar-refractivity contribution in [3.8, 4) is 17.6 Å². The van der Waals surface area contributed by atoms with Crippen LogP contribution in [-0.2, 0) is 9.59 Å². The maximum absolute atomic E-state index is 13.7. The Morgan fingerprint density at radius 2 is 1.49 bits per heavy atom. The molecule has 1 heterocycles. The third kappa shape index (κ3) is 9.50. The van der Waals surface area contributed by atoms with Crippen LogP contribution < -0.4 is 30.7 Å². The molecule has 4 amide bonds. The first-order valence-corrected chi connectivity index (χ1v) is 17.9. The zero-order valence-corrected chi connectivity index (χ0v) is 30.8. The molecular formula is C40H35N5O6S2. The second kappa shape index (κ2) is 17.7. The molecule has 0 spiro atoms. The van der Waals surface area contributed by atoms with Crippen molar-refractivity contribution in [1.82, 2.24) is 5.32 Å². The number of rotatable bonds is 13. The lowest BCUT2D eigenvalue weighted by Gasteiger charge is -2.15. The predicted molar refractivity (Wildman–Crippen MR) is 209 cm³/mol. The fraction of sp³-hybridized carbons (Fsp3) is 0.125. The molecule has 4 N–H and O–H groups in total. The lowest BCUT2D eigenvalue weighted by atomic mass is 10.1. The number of thioether (sulfide) groups is 1. The summed E-state index contributed by atoms with van der Waals surface area (Å²) in [4.78, 5) is 54.2. The largest absolute Gasteiger partial charge is 0.493 e. The quantitative estimate of drug-likeness (QED) is 0.0704. The summed E-state index contributed by atoms with van der Waals surface area (Å²) in [5.41, 5.74) is 2.53. The number of nitrogens with zero attached hydrogens (tertiary/aromatic N) is 1. The van der Waals surface area contributed by atoms with Crippen LogP contribution in [0.2, 0.25) is 0 Å². The number of benzene rings is 4.